The molecule has 1 unspecified atom stereocenters. The Kier molecular flexibility index (Phi) is 4.52. The molecule has 0 radical (unpaired) electrons. The summed E-state index contributed by atoms with van der Waals surface area (Å²) in [6.45, 7) is 5.37. The van der Waals surface area contributed by atoms with Crippen molar-refractivity contribution >= 4 is 0 Å². The van der Waals surface area contributed by atoms with E-state index in [1.807, 2.05) is 13.1 Å². The van der Waals surface area contributed by atoms with Gasteiger partial charge in [0.15, 0.2) is 5.82 Å². The van der Waals surface area contributed by atoms with Gasteiger partial charge in [-0.05, 0) is 44.7 Å². The van der Waals surface area contributed by atoms with Crippen LogP contribution >= 0.6 is 0 Å². The van der Waals surface area contributed by atoms with Gasteiger partial charge in [0.05, 0.1) is 18.8 Å². The lowest BCUT2D eigenvalue weighted by atomic mass is 9.77. The van der Waals surface area contributed by atoms with Crippen LogP contribution in [0.1, 0.15) is 48.1 Å². The largest absolute Gasteiger partial charge is 0.384 e. The van der Waals surface area contributed by atoms with Crippen LogP contribution in [-0.2, 0) is 29.5 Å². The van der Waals surface area contributed by atoms with Gasteiger partial charge in [-0.25, -0.2) is 9.97 Å². The first-order valence-electron chi connectivity index (χ1n) is 9.04. The van der Waals surface area contributed by atoms with Crippen LogP contribution in [-0.4, -0.2) is 51.8 Å². The monoisotopic (exact) mass is 343 g/mol. The summed E-state index contributed by atoms with van der Waals surface area (Å²) in [5.74, 6) is 2.29. The maximum atomic E-state index is 5.42. The third-order valence-corrected chi connectivity index (χ3v) is 5.41. The summed E-state index contributed by atoms with van der Waals surface area (Å²) in [5, 5.41) is 4.04. The van der Waals surface area contributed by atoms with Crippen molar-refractivity contribution in [1.82, 2.24) is 25.0 Å². The smallest absolute Gasteiger partial charge is 0.240 e. The lowest BCUT2D eigenvalue weighted by Crippen LogP contribution is -2.45. The Morgan fingerprint density at radius 2 is 2.24 bits per heavy atom. The third kappa shape index (κ3) is 3.30. The van der Waals surface area contributed by atoms with Gasteiger partial charge in [-0.1, -0.05) is 5.16 Å². The van der Waals surface area contributed by atoms with Crippen LogP contribution in [0.3, 0.4) is 0 Å². The van der Waals surface area contributed by atoms with Gasteiger partial charge in [-0.2, -0.15) is 4.98 Å². The highest BCUT2D eigenvalue weighted by Crippen LogP contribution is 2.43. The molecule has 2 aliphatic rings. The van der Waals surface area contributed by atoms with Gasteiger partial charge >= 0.3 is 0 Å². The van der Waals surface area contributed by atoms with E-state index in [2.05, 4.69) is 20.0 Å². The lowest BCUT2D eigenvalue weighted by Gasteiger charge is -2.40. The van der Waals surface area contributed by atoms with E-state index >= 15 is 0 Å². The van der Waals surface area contributed by atoms with Gasteiger partial charge in [0, 0.05) is 31.7 Å². The highest BCUT2D eigenvalue weighted by molar-refractivity contribution is 5.33. The minimum Gasteiger partial charge on any atom is -0.384 e. The number of nitrogens with zero attached hydrogens (tertiary/aromatic N) is 5. The summed E-state index contributed by atoms with van der Waals surface area (Å²) in [6, 6.07) is 0. The summed E-state index contributed by atoms with van der Waals surface area (Å²) >= 11 is 0. The SMILES string of the molecule is COCCc1noc(CN2CCCC3(CCc4cnc(C)nc43)C2)n1. The molecule has 1 atom stereocenters. The molecule has 1 fully saturated rings. The average Bonchev–Trinajstić information content (AvgIpc) is 3.19. The van der Waals surface area contributed by atoms with Crippen molar-refractivity contribution in [2.24, 2.45) is 0 Å². The van der Waals surface area contributed by atoms with Gasteiger partial charge in [0.25, 0.3) is 0 Å². The first-order valence-corrected chi connectivity index (χ1v) is 9.04. The fourth-order valence-electron chi connectivity index (χ4n) is 4.23. The van der Waals surface area contributed by atoms with E-state index in [9.17, 15) is 0 Å². The van der Waals surface area contributed by atoms with E-state index < -0.39 is 0 Å². The van der Waals surface area contributed by atoms with E-state index in [0.717, 1.165) is 31.2 Å². The highest BCUT2D eigenvalue weighted by atomic mass is 16.5. The van der Waals surface area contributed by atoms with Crippen molar-refractivity contribution in [1.29, 1.82) is 0 Å². The van der Waals surface area contributed by atoms with E-state index in [0.29, 0.717) is 25.5 Å². The second-order valence-corrected chi connectivity index (χ2v) is 7.23. The Labute approximate surface area is 147 Å². The highest BCUT2D eigenvalue weighted by Gasteiger charge is 2.43. The Balaban J connectivity index is 1.47. The predicted octanol–water partition coefficient (Wildman–Crippen LogP) is 1.84. The van der Waals surface area contributed by atoms with Gasteiger partial charge in [0.2, 0.25) is 5.89 Å². The van der Waals surface area contributed by atoms with Crippen LogP contribution in [0.15, 0.2) is 10.7 Å². The molecule has 0 bridgehead atoms. The topological polar surface area (TPSA) is 77.2 Å². The van der Waals surface area contributed by atoms with Crippen LogP contribution in [0.4, 0.5) is 0 Å². The van der Waals surface area contributed by atoms with Crippen molar-refractivity contribution < 1.29 is 9.26 Å². The molecule has 0 saturated carbocycles. The molecule has 7 nitrogen and oxygen atoms in total. The summed E-state index contributed by atoms with van der Waals surface area (Å²) in [4.78, 5) is 16.1. The molecular weight excluding hydrogens is 318 g/mol. The van der Waals surface area contributed by atoms with Gasteiger partial charge < -0.3 is 9.26 Å². The number of fused-ring (bicyclic) bond motifs is 2. The summed E-state index contributed by atoms with van der Waals surface area (Å²) in [5.41, 5.74) is 2.77. The number of hydrogen-bond donors (Lipinski definition) is 0. The molecule has 3 heterocycles. The van der Waals surface area contributed by atoms with E-state index in [1.165, 1.54) is 30.5 Å². The average molecular weight is 343 g/mol. The molecule has 7 heteroatoms. The number of hydrogen-bond acceptors (Lipinski definition) is 7. The quantitative estimate of drug-likeness (QED) is 0.819. The van der Waals surface area contributed by atoms with Crippen LogP contribution in [0.2, 0.25) is 0 Å². The fraction of sp³-hybridized carbons (Fsp3) is 0.667. The molecule has 1 aliphatic heterocycles. The molecule has 0 amide bonds. The normalized spacial score (nSPS) is 23.3. The van der Waals surface area contributed by atoms with Crippen molar-refractivity contribution in [3.63, 3.8) is 0 Å². The molecule has 0 N–H and O–H groups in total. The molecule has 2 aromatic rings. The molecule has 1 saturated heterocycles. The van der Waals surface area contributed by atoms with Crippen molar-refractivity contribution in [3.05, 3.63) is 35.0 Å². The molecule has 0 aromatic carbocycles. The Hall–Kier alpha value is -1.86. The minimum absolute atomic E-state index is 0.167. The summed E-state index contributed by atoms with van der Waals surface area (Å²) < 4.78 is 10.5. The number of rotatable bonds is 5. The number of aryl methyl sites for hydroxylation is 2. The molecular formula is C18H25N5O2. The van der Waals surface area contributed by atoms with Crippen molar-refractivity contribution in [2.45, 2.75) is 51.0 Å². The zero-order valence-corrected chi connectivity index (χ0v) is 15.0. The standard InChI is InChI=1S/C18H25N5O2/c1-13-19-10-14-4-7-18(17(14)20-13)6-3-8-23(12-18)11-16-21-15(22-25-16)5-9-24-2/h10H,3-9,11-12H2,1-2H3. The minimum atomic E-state index is 0.167. The Bertz CT molecular complexity index is 743. The van der Waals surface area contributed by atoms with Crippen molar-refractivity contribution in [2.75, 3.05) is 26.8 Å². The second kappa shape index (κ2) is 6.80. The molecule has 4 rings (SSSR count). The van der Waals surface area contributed by atoms with Gasteiger partial charge in [0.1, 0.15) is 5.82 Å². The predicted molar refractivity (Wildman–Crippen MR) is 91.2 cm³/mol. The molecule has 1 spiro atoms. The number of ether oxygens (including phenoxy) is 1. The van der Waals surface area contributed by atoms with Crippen LogP contribution in [0.5, 0.6) is 0 Å². The number of piperidine rings is 1. The number of methoxy groups -OCH3 is 1. The van der Waals surface area contributed by atoms with E-state index in [4.69, 9.17) is 14.2 Å². The van der Waals surface area contributed by atoms with Gasteiger partial charge in [-0.3, -0.25) is 4.90 Å². The molecule has 134 valence electrons. The molecule has 2 aromatic heterocycles. The van der Waals surface area contributed by atoms with Crippen LogP contribution < -0.4 is 0 Å². The van der Waals surface area contributed by atoms with E-state index in [1.54, 1.807) is 7.11 Å². The molecule has 25 heavy (non-hydrogen) atoms. The molecule has 1 aliphatic carbocycles. The third-order valence-electron chi connectivity index (χ3n) is 5.41. The van der Waals surface area contributed by atoms with Crippen LogP contribution in [0.25, 0.3) is 0 Å². The van der Waals surface area contributed by atoms with E-state index in [-0.39, 0.29) is 5.41 Å². The summed E-state index contributed by atoms with van der Waals surface area (Å²) in [7, 11) is 1.68. The maximum absolute atomic E-state index is 5.42. The lowest BCUT2D eigenvalue weighted by molar-refractivity contribution is 0.123. The number of aromatic nitrogens is 4. The summed E-state index contributed by atoms with van der Waals surface area (Å²) in [6.07, 6.45) is 7.34. The fourth-order valence-corrected chi connectivity index (χ4v) is 4.23. The Morgan fingerprint density at radius 1 is 1.32 bits per heavy atom. The van der Waals surface area contributed by atoms with Gasteiger partial charge in [-0.15, -0.1) is 0 Å². The maximum Gasteiger partial charge on any atom is 0.240 e. The first-order chi connectivity index (χ1) is 12.2. The number of likely N-dealkylation sites (tertiary alicyclic amines) is 1. The first kappa shape index (κ1) is 16.6. The Morgan fingerprint density at radius 3 is 3.12 bits per heavy atom. The van der Waals surface area contributed by atoms with Crippen LogP contribution in [0, 0.1) is 6.92 Å². The van der Waals surface area contributed by atoms with Crippen molar-refractivity contribution in [3.8, 4) is 0 Å². The zero-order chi connectivity index (χ0) is 17.3. The second-order valence-electron chi connectivity index (χ2n) is 7.23. The zero-order valence-electron chi connectivity index (χ0n) is 15.0.